The van der Waals surface area contributed by atoms with Gasteiger partial charge in [0, 0.05) is 25.8 Å². The van der Waals surface area contributed by atoms with E-state index in [1.165, 1.54) is 6.21 Å². The second-order valence-corrected chi connectivity index (χ2v) is 7.96. The Morgan fingerprint density at radius 3 is 2.52 bits per heavy atom. The fourth-order valence-corrected chi connectivity index (χ4v) is 3.78. The van der Waals surface area contributed by atoms with Gasteiger partial charge in [-0.2, -0.15) is 5.10 Å². The van der Waals surface area contributed by atoms with Crippen LogP contribution in [-0.4, -0.2) is 21.8 Å². The predicted octanol–water partition coefficient (Wildman–Crippen LogP) is 4.88. The molecule has 1 aromatic heterocycles. The summed E-state index contributed by atoms with van der Waals surface area (Å²) in [6.45, 7) is 0. The number of hydrogen-bond donors (Lipinski definition) is 2. The lowest BCUT2D eigenvalue weighted by Crippen LogP contribution is -2.21. The molecule has 0 aliphatic heterocycles. The second-order valence-electron chi connectivity index (χ2n) is 6.61. The Hall–Kier alpha value is -3.42. The Morgan fingerprint density at radius 1 is 1.03 bits per heavy atom. The number of aromatic hydroxyl groups is 1. The normalized spacial score (nSPS) is 11.2. The zero-order chi connectivity index (χ0) is 22.0. The van der Waals surface area contributed by atoms with Crippen LogP contribution in [0.3, 0.4) is 0 Å². The van der Waals surface area contributed by atoms with Gasteiger partial charge in [-0.25, -0.2) is 9.99 Å². The van der Waals surface area contributed by atoms with Gasteiger partial charge in [-0.3, -0.25) is 9.59 Å². The molecule has 0 aliphatic carbocycles. The fraction of sp³-hybridized carbons (Fsp3) is 0. The number of aromatic nitrogens is 1. The summed E-state index contributed by atoms with van der Waals surface area (Å²) in [5.74, 6) is -0.726. The molecule has 0 fully saturated rings. The maximum absolute atomic E-state index is 13.1. The minimum atomic E-state index is -0.412. The highest BCUT2D eigenvalue weighted by atomic mass is 79.9. The number of rotatable bonds is 4. The molecule has 2 N–H and O–H groups in total. The number of nitrogens with one attached hydrogen (secondary N) is 1. The number of carbonyl (C=O) groups is 1. The Labute approximate surface area is 190 Å². The number of pyridine rings is 1. The van der Waals surface area contributed by atoms with Crippen molar-refractivity contribution < 1.29 is 9.90 Å². The van der Waals surface area contributed by atoms with Crippen LogP contribution in [0.4, 0.5) is 0 Å². The molecular weight excluding hydrogens is 482 g/mol. The number of benzene rings is 3. The summed E-state index contributed by atoms with van der Waals surface area (Å²) in [4.78, 5) is 25.4. The van der Waals surface area contributed by atoms with E-state index in [2.05, 4.69) is 26.5 Å². The maximum Gasteiger partial charge on any atom is 0.271 e. The first-order valence-corrected chi connectivity index (χ1v) is 10.3. The highest BCUT2D eigenvalue weighted by molar-refractivity contribution is 9.10. The first-order valence-electron chi connectivity index (χ1n) is 9.17. The molecule has 6 nitrogen and oxygen atoms in total. The summed E-state index contributed by atoms with van der Waals surface area (Å²) in [5.41, 5.74) is 3.16. The van der Waals surface area contributed by atoms with Crippen molar-refractivity contribution in [1.82, 2.24) is 9.99 Å². The van der Waals surface area contributed by atoms with Crippen molar-refractivity contribution in [3.8, 4) is 11.6 Å². The third-order valence-corrected chi connectivity index (χ3v) is 5.34. The number of halogens is 2. The summed E-state index contributed by atoms with van der Waals surface area (Å²) < 4.78 is 1.92. The fourth-order valence-electron chi connectivity index (χ4n) is 3.19. The molecule has 4 rings (SSSR count). The zero-order valence-corrected chi connectivity index (χ0v) is 18.3. The third kappa shape index (κ3) is 4.23. The molecule has 31 heavy (non-hydrogen) atoms. The standard InChI is InChI=1S/C23H15BrClN3O3/c24-15-6-3-5-14(11-15)21(29)27-26-13-20-18-9-1-2-10-19(18)22(30)28(23(20)31)17-8-4-7-16(25)12-17/h1-13,31H,(H,27,29). The van der Waals surface area contributed by atoms with Gasteiger partial charge >= 0.3 is 0 Å². The van der Waals surface area contributed by atoms with Gasteiger partial charge in [0.05, 0.1) is 17.5 Å². The Balaban J connectivity index is 1.79. The van der Waals surface area contributed by atoms with Gasteiger partial charge in [0.15, 0.2) is 0 Å². The second kappa shape index (κ2) is 8.75. The molecule has 154 valence electrons. The first-order chi connectivity index (χ1) is 15.0. The molecule has 0 saturated carbocycles. The van der Waals surface area contributed by atoms with E-state index in [9.17, 15) is 14.7 Å². The van der Waals surface area contributed by atoms with E-state index < -0.39 is 11.5 Å². The van der Waals surface area contributed by atoms with E-state index in [1.54, 1.807) is 66.7 Å². The number of fused-ring (bicyclic) bond motifs is 1. The van der Waals surface area contributed by atoms with Gasteiger partial charge in [0.25, 0.3) is 11.5 Å². The van der Waals surface area contributed by atoms with Gasteiger partial charge in [0.1, 0.15) is 0 Å². The molecule has 0 saturated heterocycles. The molecule has 3 aromatic carbocycles. The highest BCUT2D eigenvalue weighted by Crippen LogP contribution is 2.26. The topological polar surface area (TPSA) is 83.7 Å². The average Bonchev–Trinajstić information content (AvgIpc) is 2.76. The maximum atomic E-state index is 13.1. The van der Waals surface area contributed by atoms with Crippen molar-refractivity contribution >= 4 is 50.4 Å². The molecule has 4 aromatic rings. The van der Waals surface area contributed by atoms with Crippen molar-refractivity contribution in [1.29, 1.82) is 0 Å². The van der Waals surface area contributed by atoms with Crippen molar-refractivity contribution in [3.05, 3.63) is 104 Å². The Morgan fingerprint density at radius 2 is 1.77 bits per heavy atom. The van der Waals surface area contributed by atoms with Crippen LogP contribution in [0, 0.1) is 0 Å². The van der Waals surface area contributed by atoms with E-state index in [0.29, 0.717) is 27.0 Å². The van der Waals surface area contributed by atoms with E-state index >= 15 is 0 Å². The quantitative estimate of drug-likeness (QED) is 0.312. The van der Waals surface area contributed by atoms with Crippen LogP contribution >= 0.6 is 27.5 Å². The molecule has 0 unspecified atom stereocenters. The SMILES string of the molecule is O=C(NN=Cc1c(O)n(-c2cccc(Cl)c2)c(=O)c2ccccc12)c1cccc(Br)c1. The van der Waals surface area contributed by atoms with Crippen molar-refractivity contribution in [2.45, 2.75) is 0 Å². The molecule has 0 bridgehead atoms. The molecule has 1 amide bonds. The number of carbonyl (C=O) groups excluding carboxylic acids is 1. The summed E-state index contributed by atoms with van der Waals surface area (Å²) in [6.07, 6.45) is 1.31. The molecule has 0 aliphatic rings. The molecule has 0 radical (unpaired) electrons. The smallest absolute Gasteiger partial charge is 0.271 e. The highest BCUT2D eigenvalue weighted by Gasteiger charge is 2.16. The lowest BCUT2D eigenvalue weighted by atomic mass is 10.1. The van der Waals surface area contributed by atoms with Crippen LogP contribution in [-0.2, 0) is 0 Å². The average molecular weight is 497 g/mol. The van der Waals surface area contributed by atoms with E-state index in [1.807, 2.05) is 6.07 Å². The molecular formula is C23H15BrClN3O3. The lowest BCUT2D eigenvalue weighted by Gasteiger charge is -2.13. The van der Waals surface area contributed by atoms with Gasteiger partial charge in [-0.05, 0) is 42.5 Å². The van der Waals surface area contributed by atoms with Crippen LogP contribution in [0.25, 0.3) is 16.5 Å². The van der Waals surface area contributed by atoms with Gasteiger partial charge in [-0.1, -0.05) is 57.9 Å². The van der Waals surface area contributed by atoms with E-state index in [0.717, 1.165) is 9.04 Å². The predicted molar refractivity (Wildman–Crippen MR) is 125 cm³/mol. The first kappa shape index (κ1) is 20.8. The van der Waals surface area contributed by atoms with E-state index in [-0.39, 0.29) is 11.4 Å². The minimum absolute atomic E-state index is 0.282. The Bertz CT molecular complexity index is 1400. The van der Waals surface area contributed by atoms with Crippen LogP contribution in [0.1, 0.15) is 15.9 Å². The molecule has 1 heterocycles. The summed E-state index contributed by atoms with van der Waals surface area (Å²) in [7, 11) is 0. The largest absolute Gasteiger partial charge is 0.494 e. The number of hydrazone groups is 1. The molecule has 0 spiro atoms. The molecule has 0 atom stereocenters. The minimum Gasteiger partial charge on any atom is -0.494 e. The Kier molecular flexibility index (Phi) is 5.88. The summed E-state index contributed by atoms with van der Waals surface area (Å²) in [5, 5.41) is 16.3. The number of amides is 1. The van der Waals surface area contributed by atoms with Crippen LogP contribution in [0.15, 0.2) is 87.2 Å². The zero-order valence-electron chi connectivity index (χ0n) is 15.9. The van der Waals surface area contributed by atoms with Crippen molar-refractivity contribution in [3.63, 3.8) is 0 Å². The monoisotopic (exact) mass is 495 g/mol. The van der Waals surface area contributed by atoms with Crippen LogP contribution in [0.5, 0.6) is 5.88 Å². The van der Waals surface area contributed by atoms with Gasteiger partial charge in [-0.15, -0.1) is 0 Å². The number of hydrogen-bond acceptors (Lipinski definition) is 4. The van der Waals surface area contributed by atoms with Crippen LogP contribution in [0.2, 0.25) is 5.02 Å². The molecule has 8 heteroatoms. The third-order valence-electron chi connectivity index (χ3n) is 4.62. The van der Waals surface area contributed by atoms with E-state index in [4.69, 9.17) is 11.6 Å². The number of nitrogens with zero attached hydrogens (tertiary/aromatic N) is 2. The van der Waals surface area contributed by atoms with Crippen molar-refractivity contribution in [2.75, 3.05) is 0 Å². The lowest BCUT2D eigenvalue weighted by molar-refractivity contribution is 0.0955. The van der Waals surface area contributed by atoms with Crippen molar-refractivity contribution in [2.24, 2.45) is 5.10 Å². The van der Waals surface area contributed by atoms with Gasteiger partial charge in [0.2, 0.25) is 5.88 Å². The van der Waals surface area contributed by atoms with Gasteiger partial charge < -0.3 is 5.11 Å². The summed E-state index contributed by atoms with van der Waals surface area (Å²) >= 11 is 9.39. The summed E-state index contributed by atoms with van der Waals surface area (Å²) in [6, 6.07) is 20.3. The van der Waals surface area contributed by atoms with Crippen LogP contribution < -0.4 is 11.0 Å².